The molecule has 3 N–H and O–H groups in total. The van der Waals surface area contributed by atoms with Crippen LogP contribution in [0.4, 0.5) is 5.69 Å². The summed E-state index contributed by atoms with van der Waals surface area (Å²) in [4.78, 5) is 24.4. The van der Waals surface area contributed by atoms with Gasteiger partial charge in [0.1, 0.15) is 11.0 Å². The summed E-state index contributed by atoms with van der Waals surface area (Å²) in [6.45, 7) is 6.41. The first kappa shape index (κ1) is 20.5. The Morgan fingerprint density at radius 1 is 1.21 bits per heavy atom. The second kappa shape index (κ2) is 9.79. The molecule has 150 valence electrons. The smallest absolute Gasteiger partial charge is 0.240 e. The van der Waals surface area contributed by atoms with E-state index in [1.807, 2.05) is 37.3 Å². The van der Waals surface area contributed by atoms with E-state index in [2.05, 4.69) is 27.7 Å². The van der Waals surface area contributed by atoms with Crippen LogP contribution in [0.3, 0.4) is 0 Å². The predicted octanol–water partition coefficient (Wildman–Crippen LogP) is 3.18. The number of benzene rings is 2. The first-order valence-corrected chi connectivity index (χ1v) is 10.0. The Morgan fingerprint density at radius 3 is 2.62 bits per heavy atom. The summed E-state index contributed by atoms with van der Waals surface area (Å²) in [5, 5.41) is 9.50. The molecule has 1 atom stereocenters. The van der Waals surface area contributed by atoms with Crippen molar-refractivity contribution in [2.24, 2.45) is 5.10 Å². The average molecular weight is 410 g/mol. The summed E-state index contributed by atoms with van der Waals surface area (Å²) in [6, 6.07) is 16.6. The second-order valence-corrected chi connectivity index (χ2v) is 7.37. The molecule has 7 nitrogen and oxygen atoms in total. The van der Waals surface area contributed by atoms with Crippen LogP contribution < -0.4 is 20.8 Å². The Kier molecular flexibility index (Phi) is 6.91. The van der Waals surface area contributed by atoms with E-state index in [9.17, 15) is 9.59 Å². The van der Waals surface area contributed by atoms with Gasteiger partial charge < -0.3 is 15.4 Å². The molecular weight excluding hydrogens is 388 g/mol. The second-order valence-electron chi connectivity index (χ2n) is 6.18. The van der Waals surface area contributed by atoms with Crippen LogP contribution in [0.25, 0.3) is 5.70 Å². The van der Waals surface area contributed by atoms with Crippen LogP contribution >= 0.6 is 11.8 Å². The Hall–Kier alpha value is -3.26. The number of carbonyl (C=O) groups is 2. The molecule has 2 aromatic carbocycles. The van der Waals surface area contributed by atoms with Crippen molar-refractivity contribution in [3.05, 3.63) is 66.7 Å². The molecule has 0 bridgehead atoms. The highest BCUT2D eigenvalue weighted by molar-refractivity contribution is 8.15. The molecule has 0 radical (unpaired) electrons. The van der Waals surface area contributed by atoms with Gasteiger partial charge in [-0.1, -0.05) is 48.7 Å². The molecule has 1 aliphatic rings. The van der Waals surface area contributed by atoms with Crippen molar-refractivity contribution in [3.63, 3.8) is 0 Å². The van der Waals surface area contributed by atoms with E-state index in [4.69, 9.17) is 4.74 Å². The number of nitrogens with zero attached hydrogens (tertiary/aromatic N) is 1. The van der Waals surface area contributed by atoms with Crippen molar-refractivity contribution in [1.29, 1.82) is 0 Å². The maximum atomic E-state index is 12.3. The van der Waals surface area contributed by atoms with Crippen molar-refractivity contribution >= 4 is 40.1 Å². The first-order chi connectivity index (χ1) is 14.0. The molecule has 1 heterocycles. The Labute approximate surface area is 173 Å². The van der Waals surface area contributed by atoms with Crippen LogP contribution in [0, 0.1) is 0 Å². The van der Waals surface area contributed by atoms with Gasteiger partial charge in [-0.3, -0.25) is 15.0 Å². The topological polar surface area (TPSA) is 91.8 Å². The van der Waals surface area contributed by atoms with Crippen LogP contribution in [-0.4, -0.2) is 28.8 Å². The monoisotopic (exact) mass is 410 g/mol. The summed E-state index contributed by atoms with van der Waals surface area (Å²) >= 11 is 1.21. The fraction of sp³-hybridized carbons (Fsp3) is 0.190. The molecule has 8 heteroatoms. The molecule has 1 fully saturated rings. The molecule has 2 aromatic rings. The van der Waals surface area contributed by atoms with Gasteiger partial charge in [-0.05, 0) is 36.8 Å². The van der Waals surface area contributed by atoms with E-state index >= 15 is 0 Å². The van der Waals surface area contributed by atoms with E-state index in [1.54, 1.807) is 24.3 Å². The minimum absolute atomic E-state index is 0.0440. The minimum atomic E-state index is -0.539. The van der Waals surface area contributed by atoms with Crippen molar-refractivity contribution in [1.82, 2.24) is 10.7 Å². The Morgan fingerprint density at radius 2 is 1.93 bits per heavy atom. The van der Waals surface area contributed by atoms with Crippen LogP contribution in [0.15, 0.2) is 66.3 Å². The number of nitrogens with one attached hydrogen (secondary N) is 3. The fourth-order valence-electron chi connectivity index (χ4n) is 2.60. The van der Waals surface area contributed by atoms with E-state index in [0.717, 1.165) is 11.3 Å². The normalized spacial score (nSPS) is 16.9. The van der Waals surface area contributed by atoms with Gasteiger partial charge in [-0.25, -0.2) is 0 Å². The van der Waals surface area contributed by atoms with Crippen molar-refractivity contribution < 1.29 is 14.3 Å². The zero-order chi connectivity index (χ0) is 20.6. The van der Waals surface area contributed by atoms with Gasteiger partial charge in [0.2, 0.25) is 11.8 Å². The van der Waals surface area contributed by atoms with E-state index < -0.39 is 5.25 Å². The van der Waals surface area contributed by atoms with Gasteiger partial charge >= 0.3 is 0 Å². The van der Waals surface area contributed by atoms with Gasteiger partial charge in [-0.2, -0.15) is 0 Å². The highest BCUT2D eigenvalue weighted by atomic mass is 32.2. The van der Waals surface area contributed by atoms with E-state index in [0.29, 0.717) is 23.2 Å². The lowest BCUT2D eigenvalue weighted by Crippen LogP contribution is -2.28. The molecule has 0 aromatic heterocycles. The summed E-state index contributed by atoms with van der Waals surface area (Å²) < 4.78 is 5.37. The molecule has 29 heavy (non-hydrogen) atoms. The molecule has 0 aliphatic carbocycles. The maximum Gasteiger partial charge on any atom is 0.240 e. The number of hydrogen-bond donors (Lipinski definition) is 3. The van der Waals surface area contributed by atoms with Crippen LogP contribution in [0.1, 0.15) is 18.9 Å². The van der Waals surface area contributed by atoms with E-state index in [1.165, 1.54) is 11.8 Å². The lowest BCUT2D eigenvalue weighted by molar-refractivity contribution is -0.122. The number of hydrogen-bond acceptors (Lipinski definition) is 6. The summed E-state index contributed by atoms with van der Waals surface area (Å²) in [7, 11) is 0. The average Bonchev–Trinajstić information content (AvgIpc) is 3.07. The highest BCUT2D eigenvalue weighted by Gasteiger charge is 2.32. The van der Waals surface area contributed by atoms with E-state index in [-0.39, 0.29) is 18.2 Å². The largest absolute Gasteiger partial charge is 0.494 e. The van der Waals surface area contributed by atoms with Crippen LogP contribution in [-0.2, 0) is 9.59 Å². The number of amides is 2. The number of carbonyl (C=O) groups excluding carboxylic acids is 2. The zero-order valence-electron chi connectivity index (χ0n) is 16.0. The lowest BCUT2D eigenvalue weighted by atomic mass is 10.2. The van der Waals surface area contributed by atoms with Crippen LogP contribution in [0.2, 0.25) is 0 Å². The number of ether oxygens (including phenoxy) is 1. The molecule has 3 rings (SSSR count). The number of anilines is 1. The maximum absolute atomic E-state index is 12.3. The molecule has 0 spiro atoms. The molecule has 0 saturated carbocycles. The highest BCUT2D eigenvalue weighted by Crippen LogP contribution is 2.23. The standard InChI is InChI=1S/C21H22N4O3S/c1-3-28-17-11-9-16(10-12-17)22-19(26)13-18-20(27)23-21(29-18)25-24-14(2)15-7-5-4-6-8-15/h4-12,18,24H,2-3,13H2,1H3,(H,22,26)(H,23,25,27)/t18-/m0/s1. The van der Waals surface area contributed by atoms with Crippen molar-refractivity contribution in [2.45, 2.75) is 18.6 Å². The zero-order valence-corrected chi connectivity index (χ0v) is 16.8. The van der Waals surface area contributed by atoms with Crippen LogP contribution in [0.5, 0.6) is 5.75 Å². The SMILES string of the molecule is C=C(N/N=C1\NC(=O)[C@H](CC(=O)Nc2ccc(OCC)cc2)S1)c1ccccc1. The van der Waals surface area contributed by atoms with Gasteiger partial charge in [0.25, 0.3) is 0 Å². The predicted molar refractivity (Wildman–Crippen MR) is 116 cm³/mol. The van der Waals surface area contributed by atoms with Crippen molar-refractivity contribution in [2.75, 3.05) is 11.9 Å². The number of thioether (sulfide) groups is 1. The molecule has 2 amide bonds. The minimum Gasteiger partial charge on any atom is -0.494 e. The fourth-order valence-corrected chi connectivity index (χ4v) is 3.52. The lowest BCUT2D eigenvalue weighted by Gasteiger charge is -2.08. The van der Waals surface area contributed by atoms with Gasteiger partial charge in [0, 0.05) is 12.1 Å². The summed E-state index contributed by atoms with van der Waals surface area (Å²) in [6.07, 6.45) is 0.0440. The number of hydrazone groups is 1. The molecule has 0 unspecified atom stereocenters. The third kappa shape index (κ3) is 5.86. The Balaban J connectivity index is 1.50. The molecule has 1 saturated heterocycles. The third-order valence-corrected chi connectivity index (χ3v) is 5.09. The van der Waals surface area contributed by atoms with Crippen molar-refractivity contribution in [3.8, 4) is 5.75 Å². The quantitative estimate of drug-likeness (QED) is 0.582. The summed E-state index contributed by atoms with van der Waals surface area (Å²) in [5.41, 5.74) is 5.00. The summed E-state index contributed by atoms with van der Waals surface area (Å²) in [5.74, 6) is 0.245. The molecule has 1 aliphatic heterocycles. The first-order valence-electron chi connectivity index (χ1n) is 9.13. The molecular formula is C21H22N4O3S. The third-order valence-electron chi connectivity index (χ3n) is 4.01. The van der Waals surface area contributed by atoms with Gasteiger partial charge in [0.05, 0.1) is 12.3 Å². The van der Waals surface area contributed by atoms with Gasteiger partial charge in [-0.15, -0.1) is 5.10 Å². The number of amidine groups is 1. The van der Waals surface area contributed by atoms with Gasteiger partial charge in [0.15, 0.2) is 5.17 Å². The Bertz CT molecular complexity index is 913. The number of rotatable bonds is 8.